The van der Waals surface area contributed by atoms with Gasteiger partial charge in [0.25, 0.3) is 5.91 Å². The van der Waals surface area contributed by atoms with Gasteiger partial charge in [0, 0.05) is 23.7 Å². The lowest BCUT2D eigenvalue weighted by molar-refractivity contribution is -0.386. The topological polar surface area (TPSA) is 72.7 Å². The largest absolute Gasteiger partial charge is 0.474 e. The number of hydrogen-bond acceptors (Lipinski definition) is 4. The van der Waals surface area contributed by atoms with Crippen LogP contribution < -0.4 is 9.64 Å². The maximum Gasteiger partial charge on any atom is 0.312 e. The molecule has 142 valence electrons. The lowest BCUT2D eigenvalue weighted by Crippen LogP contribution is -2.43. The van der Waals surface area contributed by atoms with Crippen LogP contribution in [0.3, 0.4) is 0 Å². The van der Waals surface area contributed by atoms with Gasteiger partial charge < -0.3 is 9.64 Å². The minimum atomic E-state index is -1.08. The van der Waals surface area contributed by atoms with Crippen molar-refractivity contribution in [2.24, 2.45) is 0 Å². The predicted octanol–water partition coefficient (Wildman–Crippen LogP) is 4.27. The average molecular weight is 397 g/mol. The van der Waals surface area contributed by atoms with Crippen molar-refractivity contribution in [3.63, 3.8) is 0 Å². The molecular weight excluding hydrogens is 382 g/mol. The third-order valence-electron chi connectivity index (χ3n) is 4.28. The first-order valence-corrected chi connectivity index (χ1v) is 8.55. The molecule has 6 nitrogen and oxygen atoms in total. The summed E-state index contributed by atoms with van der Waals surface area (Å²) in [6.07, 6.45) is 0.0233. The van der Waals surface area contributed by atoms with E-state index in [2.05, 4.69) is 0 Å². The van der Waals surface area contributed by atoms with Crippen LogP contribution in [-0.4, -0.2) is 23.5 Å². The number of carbonyl (C=O) groups is 1. The number of ether oxygens (including phenoxy) is 1. The number of aryl methyl sites for hydroxylation is 1. The van der Waals surface area contributed by atoms with Crippen molar-refractivity contribution in [2.75, 3.05) is 11.4 Å². The van der Waals surface area contributed by atoms with Gasteiger partial charge in [0.2, 0.25) is 0 Å². The van der Waals surface area contributed by atoms with Gasteiger partial charge in [-0.2, -0.15) is 0 Å². The Bertz CT molecular complexity index is 922. The van der Waals surface area contributed by atoms with Crippen LogP contribution in [0.15, 0.2) is 30.3 Å². The number of nitro benzene ring substituents is 1. The Morgan fingerprint density at radius 2 is 2.00 bits per heavy atom. The maximum atomic E-state index is 13.6. The molecule has 0 saturated heterocycles. The Balaban J connectivity index is 1.86. The zero-order valence-electron chi connectivity index (χ0n) is 14.2. The SMILES string of the molecule is CC(Oc1ccc(Cl)cc1[N+](=O)[O-])C(=O)N1CCCc2cc(F)c(F)cc21. The molecule has 0 spiro atoms. The van der Waals surface area contributed by atoms with Gasteiger partial charge >= 0.3 is 5.69 Å². The van der Waals surface area contributed by atoms with E-state index < -0.39 is 28.6 Å². The third-order valence-corrected chi connectivity index (χ3v) is 4.51. The number of rotatable bonds is 4. The van der Waals surface area contributed by atoms with Crippen molar-refractivity contribution in [2.45, 2.75) is 25.9 Å². The molecular formula is C18H15ClF2N2O4. The molecule has 9 heteroatoms. The Labute approximate surface area is 158 Å². The lowest BCUT2D eigenvalue weighted by Gasteiger charge is -2.31. The number of hydrogen-bond donors (Lipinski definition) is 0. The van der Waals surface area contributed by atoms with Crippen LogP contribution in [0.2, 0.25) is 5.02 Å². The van der Waals surface area contributed by atoms with E-state index in [0.29, 0.717) is 24.9 Å². The summed E-state index contributed by atoms with van der Waals surface area (Å²) in [6.45, 7) is 1.75. The number of nitro groups is 1. The maximum absolute atomic E-state index is 13.6. The highest BCUT2D eigenvalue weighted by Gasteiger charge is 2.30. The second-order valence-corrected chi connectivity index (χ2v) is 6.55. The molecule has 1 unspecified atom stereocenters. The van der Waals surface area contributed by atoms with Crippen LogP contribution in [0.5, 0.6) is 5.75 Å². The normalized spacial score (nSPS) is 14.4. The fourth-order valence-electron chi connectivity index (χ4n) is 3.00. The molecule has 27 heavy (non-hydrogen) atoms. The molecule has 0 aliphatic carbocycles. The quantitative estimate of drug-likeness (QED) is 0.571. The Morgan fingerprint density at radius 3 is 2.70 bits per heavy atom. The second kappa shape index (κ2) is 7.48. The molecule has 1 aliphatic rings. The average Bonchev–Trinajstić information content (AvgIpc) is 2.63. The van der Waals surface area contributed by atoms with Gasteiger partial charge in [-0.15, -0.1) is 0 Å². The first kappa shape index (κ1) is 19.0. The van der Waals surface area contributed by atoms with Gasteiger partial charge in [0.05, 0.1) is 10.6 Å². The molecule has 3 rings (SSSR count). The van der Waals surface area contributed by atoms with E-state index in [9.17, 15) is 23.7 Å². The molecule has 0 fully saturated rings. The highest BCUT2D eigenvalue weighted by atomic mass is 35.5. The van der Waals surface area contributed by atoms with Gasteiger partial charge in [0.1, 0.15) is 0 Å². The number of nitrogens with zero attached hydrogens (tertiary/aromatic N) is 2. The highest BCUT2D eigenvalue weighted by Crippen LogP contribution is 2.33. The molecule has 0 bridgehead atoms. The van der Waals surface area contributed by atoms with Crippen LogP contribution >= 0.6 is 11.6 Å². The molecule has 2 aromatic carbocycles. The van der Waals surface area contributed by atoms with E-state index in [1.54, 1.807) is 0 Å². The number of carbonyl (C=O) groups excluding carboxylic acids is 1. The van der Waals surface area contributed by atoms with Crippen LogP contribution in [-0.2, 0) is 11.2 Å². The summed E-state index contributed by atoms with van der Waals surface area (Å²) in [4.78, 5) is 24.6. The van der Waals surface area contributed by atoms with Crippen LogP contribution in [0.1, 0.15) is 18.9 Å². The van der Waals surface area contributed by atoms with E-state index >= 15 is 0 Å². The van der Waals surface area contributed by atoms with E-state index in [4.69, 9.17) is 16.3 Å². The number of anilines is 1. The van der Waals surface area contributed by atoms with E-state index in [1.165, 1.54) is 24.0 Å². The van der Waals surface area contributed by atoms with Gasteiger partial charge in [-0.25, -0.2) is 8.78 Å². The Kier molecular flexibility index (Phi) is 5.27. The molecule has 1 atom stereocenters. The number of amides is 1. The molecule has 0 aromatic heterocycles. The fourth-order valence-corrected chi connectivity index (χ4v) is 3.17. The third kappa shape index (κ3) is 3.85. The predicted molar refractivity (Wildman–Crippen MR) is 95.2 cm³/mol. The summed E-state index contributed by atoms with van der Waals surface area (Å²) < 4.78 is 32.6. The fraction of sp³-hybridized carbons (Fsp3) is 0.278. The summed E-state index contributed by atoms with van der Waals surface area (Å²) in [5.41, 5.74) is 0.443. The van der Waals surface area contributed by atoms with Crippen molar-refractivity contribution in [3.8, 4) is 5.75 Å². The van der Waals surface area contributed by atoms with Crippen molar-refractivity contribution in [1.29, 1.82) is 0 Å². The summed E-state index contributed by atoms with van der Waals surface area (Å²) in [5.74, 6) is -2.63. The molecule has 0 saturated carbocycles. The van der Waals surface area contributed by atoms with Crippen LogP contribution in [0.25, 0.3) is 0 Å². The first-order chi connectivity index (χ1) is 12.8. The number of benzene rings is 2. The molecule has 2 aromatic rings. The molecule has 0 N–H and O–H groups in total. The lowest BCUT2D eigenvalue weighted by atomic mass is 10.0. The second-order valence-electron chi connectivity index (χ2n) is 6.12. The van der Waals surface area contributed by atoms with Crippen LogP contribution in [0.4, 0.5) is 20.2 Å². The van der Waals surface area contributed by atoms with Crippen molar-refractivity contribution in [3.05, 3.63) is 62.7 Å². The molecule has 1 aliphatic heterocycles. The van der Waals surface area contributed by atoms with Gasteiger partial charge in [0.15, 0.2) is 23.5 Å². The summed E-state index contributed by atoms with van der Waals surface area (Å²) in [6, 6.07) is 5.92. The van der Waals surface area contributed by atoms with Crippen LogP contribution in [0, 0.1) is 21.7 Å². The Morgan fingerprint density at radius 1 is 1.30 bits per heavy atom. The number of fused-ring (bicyclic) bond motifs is 1. The standard InChI is InChI=1S/C18H15ClF2N2O4/c1-10(27-17-5-4-12(19)8-16(17)23(25)26)18(24)22-6-2-3-11-7-13(20)14(21)9-15(11)22/h4-5,7-10H,2-3,6H2,1H3. The van der Waals surface area contributed by atoms with Crippen molar-refractivity contribution >= 4 is 28.9 Å². The van der Waals surface area contributed by atoms with Crippen molar-refractivity contribution in [1.82, 2.24) is 0 Å². The van der Waals surface area contributed by atoms with E-state index in [0.717, 1.165) is 18.2 Å². The van der Waals surface area contributed by atoms with Gasteiger partial charge in [-0.1, -0.05) is 11.6 Å². The Hall–Kier alpha value is -2.74. The summed E-state index contributed by atoms with van der Waals surface area (Å²) in [5, 5.41) is 11.3. The zero-order chi connectivity index (χ0) is 19.7. The van der Waals surface area contributed by atoms with E-state index in [1.807, 2.05) is 0 Å². The highest BCUT2D eigenvalue weighted by molar-refractivity contribution is 6.30. The monoisotopic (exact) mass is 396 g/mol. The number of halogens is 3. The zero-order valence-corrected chi connectivity index (χ0v) is 15.0. The summed E-state index contributed by atoms with van der Waals surface area (Å²) >= 11 is 5.76. The first-order valence-electron chi connectivity index (χ1n) is 8.18. The van der Waals surface area contributed by atoms with Gasteiger partial charge in [-0.3, -0.25) is 14.9 Å². The van der Waals surface area contributed by atoms with Crippen molar-refractivity contribution < 1.29 is 23.2 Å². The molecule has 0 radical (unpaired) electrons. The van der Waals surface area contributed by atoms with Gasteiger partial charge in [-0.05, 0) is 43.5 Å². The minimum Gasteiger partial charge on any atom is -0.474 e. The van der Waals surface area contributed by atoms with E-state index in [-0.39, 0.29) is 22.1 Å². The summed E-state index contributed by atoms with van der Waals surface area (Å²) in [7, 11) is 0. The molecule has 1 heterocycles. The minimum absolute atomic E-state index is 0.104. The smallest absolute Gasteiger partial charge is 0.312 e. The molecule has 1 amide bonds.